The summed E-state index contributed by atoms with van der Waals surface area (Å²) < 4.78 is 5.28. The third-order valence-corrected chi connectivity index (χ3v) is 4.00. The van der Waals surface area contributed by atoms with Gasteiger partial charge in [0.05, 0.1) is 6.61 Å². The molecule has 0 saturated carbocycles. The zero-order valence-electron chi connectivity index (χ0n) is 14.6. The van der Waals surface area contributed by atoms with Crippen LogP contribution in [0.2, 0.25) is 0 Å². The highest BCUT2D eigenvalue weighted by Crippen LogP contribution is 2.09. The van der Waals surface area contributed by atoms with Crippen LogP contribution in [-0.4, -0.2) is 12.6 Å². The van der Waals surface area contributed by atoms with Gasteiger partial charge < -0.3 is 4.74 Å². The molecule has 0 unspecified atom stereocenters. The number of hydrogen-bond donors (Lipinski definition) is 0. The molecular formula is C19H38O2. The van der Waals surface area contributed by atoms with Gasteiger partial charge in [-0.1, -0.05) is 90.9 Å². The van der Waals surface area contributed by atoms with Gasteiger partial charge in [0.2, 0.25) is 0 Å². The van der Waals surface area contributed by atoms with Crippen molar-refractivity contribution in [3.05, 3.63) is 0 Å². The fourth-order valence-electron chi connectivity index (χ4n) is 2.54. The van der Waals surface area contributed by atoms with Crippen molar-refractivity contribution in [3.8, 4) is 0 Å². The predicted octanol–water partition coefficient (Wildman–Crippen LogP) is 6.42. The molecule has 0 aliphatic carbocycles. The SMILES string of the molecule is CCCCCCCCCCOC(=O)CCCCCCCC. The van der Waals surface area contributed by atoms with Gasteiger partial charge >= 0.3 is 5.97 Å². The van der Waals surface area contributed by atoms with Gasteiger partial charge in [0.1, 0.15) is 0 Å². The highest BCUT2D eigenvalue weighted by Gasteiger charge is 2.02. The Morgan fingerprint density at radius 3 is 1.57 bits per heavy atom. The lowest BCUT2D eigenvalue weighted by atomic mass is 10.1. The van der Waals surface area contributed by atoms with E-state index in [-0.39, 0.29) is 5.97 Å². The number of esters is 1. The molecule has 126 valence electrons. The van der Waals surface area contributed by atoms with Crippen molar-refractivity contribution in [2.24, 2.45) is 0 Å². The fraction of sp³-hybridized carbons (Fsp3) is 0.947. The minimum atomic E-state index is 0.00781. The third-order valence-electron chi connectivity index (χ3n) is 4.00. The van der Waals surface area contributed by atoms with Crippen LogP contribution in [0.25, 0.3) is 0 Å². The number of unbranched alkanes of at least 4 members (excludes halogenated alkanes) is 12. The summed E-state index contributed by atoms with van der Waals surface area (Å²) in [4.78, 5) is 11.5. The van der Waals surface area contributed by atoms with E-state index >= 15 is 0 Å². The molecule has 0 saturated heterocycles. The van der Waals surface area contributed by atoms with Crippen LogP contribution in [0.4, 0.5) is 0 Å². The van der Waals surface area contributed by atoms with Crippen molar-refractivity contribution < 1.29 is 9.53 Å². The highest BCUT2D eigenvalue weighted by atomic mass is 16.5. The maximum absolute atomic E-state index is 11.5. The van der Waals surface area contributed by atoms with Gasteiger partial charge in [-0.05, 0) is 12.8 Å². The summed E-state index contributed by atoms with van der Waals surface area (Å²) >= 11 is 0. The molecule has 0 aliphatic heterocycles. The summed E-state index contributed by atoms with van der Waals surface area (Å²) in [5.74, 6) is 0.00781. The number of hydrogen-bond acceptors (Lipinski definition) is 2. The maximum Gasteiger partial charge on any atom is 0.305 e. The van der Waals surface area contributed by atoms with Crippen LogP contribution in [0.15, 0.2) is 0 Å². The Morgan fingerprint density at radius 1 is 0.619 bits per heavy atom. The first-order valence-electron chi connectivity index (χ1n) is 9.46. The van der Waals surface area contributed by atoms with Crippen LogP contribution in [-0.2, 0) is 9.53 Å². The first kappa shape index (κ1) is 20.5. The largest absolute Gasteiger partial charge is 0.466 e. The molecule has 0 bridgehead atoms. The van der Waals surface area contributed by atoms with E-state index in [1.54, 1.807) is 0 Å². The molecule has 0 aliphatic rings. The molecule has 0 aromatic heterocycles. The Balaban J connectivity index is 3.12. The van der Waals surface area contributed by atoms with Crippen molar-refractivity contribution >= 4 is 5.97 Å². The summed E-state index contributed by atoms with van der Waals surface area (Å²) in [6.07, 6.45) is 18.3. The molecule has 0 fully saturated rings. The van der Waals surface area contributed by atoms with Gasteiger partial charge in [-0.2, -0.15) is 0 Å². The molecule has 0 amide bonds. The topological polar surface area (TPSA) is 26.3 Å². The van der Waals surface area contributed by atoms with Gasteiger partial charge in [0.25, 0.3) is 0 Å². The van der Waals surface area contributed by atoms with Gasteiger partial charge in [0.15, 0.2) is 0 Å². The quantitative estimate of drug-likeness (QED) is 0.243. The highest BCUT2D eigenvalue weighted by molar-refractivity contribution is 5.69. The number of ether oxygens (including phenoxy) is 1. The van der Waals surface area contributed by atoms with Crippen molar-refractivity contribution in [2.75, 3.05) is 6.61 Å². The zero-order valence-corrected chi connectivity index (χ0v) is 14.6. The smallest absolute Gasteiger partial charge is 0.305 e. The van der Waals surface area contributed by atoms with E-state index in [4.69, 9.17) is 4.74 Å². The van der Waals surface area contributed by atoms with Crippen LogP contribution < -0.4 is 0 Å². The van der Waals surface area contributed by atoms with E-state index in [0.29, 0.717) is 13.0 Å². The lowest BCUT2D eigenvalue weighted by Crippen LogP contribution is -2.05. The summed E-state index contributed by atoms with van der Waals surface area (Å²) in [6, 6.07) is 0. The minimum Gasteiger partial charge on any atom is -0.466 e. The normalized spacial score (nSPS) is 10.8. The van der Waals surface area contributed by atoms with Crippen molar-refractivity contribution in [1.29, 1.82) is 0 Å². The second kappa shape index (κ2) is 17.5. The second-order valence-corrected chi connectivity index (χ2v) is 6.21. The number of carbonyl (C=O) groups is 1. The Kier molecular flexibility index (Phi) is 17.1. The Labute approximate surface area is 133 Å². The maximum atomic E-state index is 11.5. The van der Waals surface area contributed by atoms with E-state index in [9.17, 15) is 4.79 Å². The van der Waals surface area contributed by atoms with E-state index in [0.717, 1.165) is 12.8 Å². The molecule has 0 radical (unpaired) electrons. The molecular weight excluding hydrogens is 260 g/mol. The Bertz CT molecular complexity index is 214. The standard InChI is InChI=1S/C19H38O2/c1-3-5-7-9-11-12-14-16-18-21-19(20)17-15-13-10-8-6-4-2/h3-18H2,1-2H3. The van der Waals surface area contributed by atoms with Crippen molar-refractivity contribution in [2.45, 2.75) is 110 Å². The molecule has 0 spiro atoms. The van der Waals surface area contributed by atoms with Gasteiger partial charge in [0, 0.05) is 6.42 Å². The molecule has 0 N–H and O–H groups in total. The van der Waals surface area contributed by atoms with Crippen LogP contribution in [0, 0.1) is 0 Å². The summed E-state index contributed by atoms with van der Waals surface area (Å²) in [5, 5.41) is 0. The van der Waals surface area contributed by atoms with Crippen LogP contribution in [0.1, 0.15) is 110 Å². The molecule has 2 heteroatoms. The zero-order chi connectivity index (χ0) is 15.6. The number of carbonyl (C=O) groups excluding carboxylic acids is 1. The van der Waals surface area contributed by atoms with E-state index in [1.165, 1.54) is 77.0 Å². The fourth-order valence-corrected chi connectivity index (χ4v) is 2.54. The molecule has 0 heterocycles. The van der Waals surface area contributed by atoms with Crippen molar-refractivity contribution in [3.63, 3.8) is 0 Å². The molecule has 0 rings (SSSR count). The summed E-state index contributed by atoms with van der Waals surface area (Å²) in [6.45, 7) is 5.10. The summed E-state index contributed by atoms with van der Waals surface area (Å²) in [7, 11) is 0. The lowest BCUT2D eigenvalue weighted by molar-refractivity contribution is -0.143. The average molecular weight is 299 g/mol. The number of rotatable bonds is 16. The molecule has 0 aromatic carbocycles. The van der Waals surface area contributed by atoms with E-state index in [2.05, 4.69) is 13.8 Å². The molecule has 0 atom stereocenters. The first-order valence-corrected chi connectivity index (χ1v) is 9.46. The van der Waals surface area contributed by atoms with Gasteiger partial charge in [-0.25, -0.2) is 0 Å². The molecule has 21 heavy (non-hydrogen) atoms. The third kappa shape index (κ3) is 17.4. The lowest BCUT2D eigenvalue weighted by Gasteiger charge is -2.05. The van der Waals surface area contributed by atoms with Crippen LogP contribution in [0.5, 0.6) is 0 Å². The molecule has 2 nitrogen and oxygen atoms in total. The van der Waals surface area contributed by atoms with E-state index < -0.39 is 0 Å². The van der Waals surface area contributed by atoms with Gasteiger partial charge in [-0.3, -0.25) is 4.79 Å². The van der Waals surface area contributed by atoms with Crippen LogP contribution >= 0.6 is 0 Å². The minimum absolute atomic E-state index is 0.00781. The van der Waals surface area contributed by atoms with Crippen LogP contribution in [0.3, 0.4) is 0 Å². The Hall–Kier alpha value is -0.530. The van der Waals surface area contributed by atoms with Crippen molar-refractivity contribution in [1.82, 2.24) is 0 Å². The van der Waals surface area contributed by atoms with Gasteiger partial charge in [-0.15, -0.1) is 0 Å². The second-order valence-electron chi connectivity index (χ2n) is 6.21. The Morgan fingerprint density at radius 2 is 1.05 bits per heavy atom. The average Bonchev–Trinajstić information content (AvgIpc) is 2.49. The summed E-state index contributed by atoms with van der Waals surface area (Å²) in [5.41, 5.74) is 0. The van der Waals surface area contributed by atoms with E-state index in [1.807, 2.05) is 0 Å². The first-order chi connectivity index (χ1) is 10.3. The monoisotopic (exact) mass is 298 g/mol. The predicted molar refractivity (Wildman–Crippen MR) is 91.6 cm³/mol. The molecule has 0 aromatic rings.